The summed E-state index contributed by atoms with van der Waals surface area (Å²) in [4.78, 5) is 28.0. The van der Waals surface area contributed by atoms with Crippen LogP contribution in [0.25, 0.3) is 11.4 Å². The molecule has 3 rings (SSSR count). The lowest BCUT2D eigenvalue weighted by atomic mass is 10.2. The van der Waals surface area contributed by atoms with Gasteiger partial charge in [-0.15, -0.1) is 10.2 Å². The lowest BCUT2D eigenvalue weighted by Crippen LogP contribution is -2.43. The van der Waals surface area contributed by atoms with E-state index in [-0.39, 0.29) is 11.9 Å². The van der Waals surface area contributed by atoms with Gasteiger partial charge in [-0.25, -0.2) is 4.79 Å². The molecular formula is C17H22N6O3S. The minimum atomic E-state index is -0.509. The summed E-state index contributed by atoms with van der Waals surface area (Å²) >= 11 is 1.25. The summed E-state index contributed by atoms with van der Waals surface area (Å²) < 4.78 is 7.08. The number of urea groups is 1. The van der Waals surface area contributed by atoms with Crippen LogP contribution < -0.4 is 10.6 Å². The van der Waals surface area contributed by atoms with Crippen molar-refractivity contribution < 1.29 is 14.3 Å². The van der Waals surface area contributed by atoms with E-state index >= 15 is 0 Å². The maximum absolute atomic E-state index is 12.3. The highest BCUT2D eigenvalue weighted by molar-refractivity contribution is 8.00. The quantitative estimate of drug-likeness (QED) is 0.656. The molecular weight excluding hydrogens is 368 g/mol. The topological polar surface area (TPSA) is 111 Å². The van der Waals surface area contributed by atoms with Crippen molar-refractivity contribution in [3.63, 3.8) is 0 Å². The number of pyridine rings is 1. The summed E-state index contributed by atoms with van der Waals surface area (Å²) in [5, 5.41) is 13.7. The standard InChI is InChI=1S/C17H22N6O3S/c1-11(15(24)20-16(25)19-13-3-4-13)27-17-22-21-14(23(17)9-10-26-2)12-5-7-18-8-6-12/h5-8,11,13H,3-4,9-10H2,1-2H3,(H2,19,20,24,25). The second-order valence-corrected chi connectivity index (χ2v) is 7.49. The van der Waals surface area contributed by atoms with Crippen molar-refractivity contribution in [2.75, 3.05) is 13.7 Å². The Morgan fingerprint density at radius 2 is 2.07 bits per heavy atom. The van der Waals surface area contributed by atoms with Crippen LogP contribution in [0.5, 0.6) is 0 Å². The lowest BCUT2D eigenvalue weighted by Gasteiger charge is -2.13. The van der Waals surface area contributed by atoms with Crippen molar-refractivity contribution in [1.29, 1.82) is 0 Å². The molecule has 3 amide bonds. The number of nitrogens with one attached hydrogen (secondary N) is 2. The fraction of sp³-hybridized carbons (Fsp3) is 0.471. The normalized spacial score (nSPS) is 14.6. The molecule has 0 aliphatic heterocycles. The molecule has 10 heteroatoms. The number of thioether (sulfide) groups is 1. The van der Waals surface area contributed by atoms with Gasteiger partial charge in [0.15, 0.2) is 11.0 Å². The third kappa shape index (κ3) is 5.27. The predicted molar refractivity (Wildman–Crippen MR) is 100 cm³/mol. The Hall–Kier alpha value is -2.46. The van der Waals surface area contributed by atoms with E-state index in [0.717, 1.165) is 18.4 Å². The molecule has 1 saturated carbocycles. The number of carbonyl (C=O) groups is 2. The Balaban J connectivity index is 1.70. The number of nitrogens with zero attached hydrogens (tertiary/aromatic N) is 4. The van der Waals surface area contributed by atoms with Gasteiger partial charge in [-0.2, -0.15) is 0 Å². The van der Waals surface area contributed by atoms with Crippen LogP contribution >= 0.6 is 11.8 Å². The summed E-state index contributed by atoms with van der Waals surface area (Å²) in [6.45, 7) is 2.75. The molecule has 1 fully saturated rings. The largest absolute Gasteiger partial charge is 0.383 e. The summed E-state index contributed by atoms with van der Waals surface area (Å²) in [6.07, 6.45) is 5.30. The molecule has 2 heterocycles. The van der Waals surface area contributed by atoms with Crippen LogP contribution in [0.4, 0.5) is 4.79 Å². The molecule has 1 unspecified atom stereocenters. The number of amides is 3. The van der Waals surface area contributed by atoms with E-state index in [0.29, 0.717) is 24.1 Å². The Morgan fingerprint density at radius 3 is 2.74 bits per heavy atom. The van der Waals surface area contributed by atoms with Gasteiger partial charge in [-0.3, -0.25) is 19.7 Å². The zero-order valence-corrected chi connectivity index (χ0v) is 16.0. The molecule has 0 spiro atoms. The van der Waals surface area contributed by atoms with E-state index in [4.69, 9.17) is 4.74 Å². The number of ether oxygens (including phenoxy) is 1. The van der Waals surface area contributed by atoms with Gasteiger partial charge in [0.25, 0.3) is 0 Å². The number of hydrogen-bond acceptors (Lipinski definition) is 7. The average Bonchev–Trinajstić information content (AvgIpc) is 3.39. The predicted octanol–water partition coefficient (Wildman–Crippen LogP) is 1.46. The second kappa shape index (κ2) is 8.96. The molecule has 2 N–H and O–H groups in total. The third-order valence-corrected chi connectivity index (χ3v) is 5.06. The molecule has 1 aliphatic carbocycles. The number of methoxy groups -OCH3 is 1. The van der Waals surface area contributed by atoms with Crippen molar-refractivity contribution in [1.82, 2.24) is 30.4 Å². The molecule has 0 radical (unpaired) electrons. The first-order valence-corrected chi connectivity index (χ1v) is 9.57. The highest BCUT2D eigenvalue weighted by atomic mass is 32.2. The van der Waals surface area contributed by atoms with Gasteiger partial charge in [0, 0.05) is 31.1 Å². The Bertz CT molecular complexity index is 793. The van der Waals surface area contributed by atoms with Crippen molar-refractivity contribution in [3.05, 3.63) is 24.5 Å². The fourth-order valence-corrected chi connectivity index (χ4v) is 3.22. The second-order valence-electron chi connectivity index (χ2n) is 6.18. The van der Waals surface area contributed by atoms with Crippen LogP contribution in [-0.2, 0) is 16.1 Å². The van der Waals surface area contributed by atoms with Crippen molar-refractivity contribution in [2.24, 2.45) is 0 Å². The zero-order valence-electron chi connectivity index (χ0n) is 15.2. The van der Waals surface area contributed by atoms with E-state index in [1.807, 2.05) is 16.7 Å². The van der Waals surface area contributed by atoms with Gasteiger partial charge in [0.1, 0.15) is 0 Å². The molecule has 1 atom stereocenters. The first-order valence-electron chi connectivity index (χ1n) is 8.69. The highest BCUT2D eigenvalue weighted by Crippen LogP contribution is 2.26. The minimum absolute atomic E-state index is 0.195. The number of rotatable bonds is 8. The maximum atomic E-state index is 12.3. The van der Waals surface area contributed by atoms with Crippen LogP contribution in [0.2, 0.25) is 0 Å². The van der Waals surface area contributed by atoms with Gasteiger partial charge < -0.3 is 10.1 Å². The molecule has 27 heavy (non-hydrogen) atoms. The first-order chi connectivity index (χ1) is 13.1. The van der Waals surface area contributed by atoms with Gasteiger partial charge >= 0.3 is 6.03 Å². The van der Waals surface area contributed by atoms with E-state index in [2.05, 4.69) is 25.8 Å². The van der Waals surface area contributed by atoms with Crippen LogP contribution in [0.15, 0.2) is 29.7 Å². The number of hydrogen-bond donors (Lipinski definition) is 2. The number of imide groups is 1. The van der Waals surface area contributed by atoms with Crippen LogP contribution in [-0.4, -0.2) is 56.7 Å². The molecule has 144 valence electrons. The van der Waals surface area contributed by atoms with Gasteiger partial charge in [0.2, 0.25) is 5.91 Å². The van der Waals surface area contributed by atoms with Crippen molar-refractivity contribution in [3.8, 4) is 11.4 Å². The van der Waals surface area contributed by atoms with Gasteiger partial charge in [-0.1, -0.05) is 11.8 Å². The zero-order chi connectivity index (χ0) is 19.2. The Morgan fingerprint density at radius 1 is 1.33 bits per heavy atom. The molecule has 0 saturated heterocycles. The minimum Gasteiger partial charge on any atom is -0.383 e. The Labute approximate surface area is 161 Å². The fourth-order valence-electron chi connectivity index (χ4n) is 2.35. The summed E-state index contributed by atoms with van der Waals surface area (Å²) in [6, 6.07) is 3.44. The summed E-state index contributed by atoms with van der Waals surface area (Å²) in [7, 11) is 1.62. The summed E-state index contributed by atoms with van der Waals surface area (Å²) in [5.41, 5.74) is 0.876. The smallest absolute Gasteiger partial charge is 0.321 e. The molecule has 2 aromatic rings. The van der Waals surface area contributed by atoms with E-state index in [1.165, 1.54) is 11.8 Å². The molecule has 2 aromatic heterocycles. The van der Waals surface area contributed by atoms with Crippen molar-refractivity contribution >= 4 is 23.7 Å². The first kappa shape index (κ1) is 19.3. The van der Waals surface area contributed by atoms with Gasteiger partial charge in [-0.05, 0) is 31.9 Å². The Kier molecular flexibility index (Phi) is 6.40. The SMILES string of the molecule is COCCn1c(SC(C)C(=O)NC(=O)NC2CC2)nnc1-c1ccncc1. The highest BCUT2D eigenvalue weighted by Gasteiger charge is 2.26. The lowest BCUT2D eigenvalue weighted by molar-refractivity contribution is -0.119. The molecule has 9 nitrogen and oxygen atoms in total. The van der Waals surface area contributed by atoms with E-state index in [1.54, 1.807) is 26.4 Å². The average molecular weight is 390 g/mol. The molecule has 1 aliphatic rings. The van der Waals surface area contributed by atoms with Crippen LogP contribution in [0.3, 0.4) is 0 Å². The van der Waals surface area contributed by atoms with Crippen molar-refractivity contribution in [2.45, 2.75) is 42.8 Å². The van der Waals surface area contributed by atoms with Crippen LogP contribution in [0.1, 0.15) is 19.8 Å². The number of carbonyl (C=O) groups excluding carboxylic acids is 2. The maximum Gasteiger partial charge on any atom is 0.321 e. The van der Waals surface area contributed by atoms with E-state index < -0.39 is 11.3 Å². The van der Waals surface area contributed by atoms with Gasteiger partial charge in [0.05, 0.1) is 18.4 Å². The third-order valence-electron chi connectivity index (χ3n) is 3.98. The summed E-state index contributed by atoms with van der Waals surface area (Å²) in [5.74, 6) is 0.306. The molecule has 0 bridgehead atoms. The molecule has 0 aromatic carbocycles. The number of aromatic nitrogens is 4. The monoisotopic (exact) mass is 390 g/mol. The van der Waals surface area contributed by atoms with E-state index in [9.17, 15) is 9.59 Å². The van der Waals surface area contributed by atoms with Crippen LogP contribution in [0, 0.1) is 0 Å².